The van der Waals surface area contributed by atoms with E-state index in [1.807, 2.05) is 19.1 Å². The summed E-state index contributed by atoms with van der Waals surface area (Å²) in [5, 5.41) is 25.5. The van der Waals surface area contributed by atoms with Crippen LogP contribution in [-0.2, 0) is 16.1 Å². The van der Waals surface area contributed by atoms with E-state index in [4.69, 9.17) is 9.84 Å². The first-order chi connectivity index (χ1) is 11.8. The number of aliphatic carboxylic acids is 1. The maximum absolute atomic E-state index is 12.2. The SMILES string of the molecule is Cc1ccccc1OC[C@@H](O)C(=O)Nc1c(C)nn(CC(=O)O)c1C. The molecule has 0 bridgehead atoms. The highest BCUT2D eigenvalue weighted by Gasteiger charge is 2.21. The van der Waals surface area contributed by atoms with Crippen molar-refractivity contribution in [2.75, 3.05) is 11.9 Å². The van der Waals surface area contributed by atoms with Gasteiger partial charge in [-0.3, -0.25) is 14.3 Å². The van der Waals surface area contributed by atoms with E-state index in [-0.39, 0.29) is 13.2 Å². The fraction of sp³-hybridized carbons (Fsp3) is 0.353. The number of amides is 1. The number of carbonyl (C=O) groups excluding carboxylic acids is 1. The Morgan fingerprint density at radius 2 is 1.96 bits per heavy atom. The number of carboxylic acid groups (broad SMARTS) is 1. The molecule has 1 aromatic carbocycles. The van der Waals surface area contributed by atoms with Crippen LogP contribution in [0.4, 0.5) is 5.69 Å². The van der Waals surface area contributed by atoms with Gasteiger partial charge in [-0.15, -0.1) is 0 Å². The number of carbonyl (C=O) groups is 2. The second-order valence-corrected chi connectivity index (χ2v) is 5.68. The molecule has 1 heterocycles. The van der Waals surface area contributed by atoms with Crippen molar-refractivity contribution in [1.82, 2.24) is 9.78 Å². The number of benzene rings is 1. The Balaban J connectivity index is 2.00. The number of nitrogens with one attached hydrogen (secondary N) is 1. The van der Waals surface area contributed by atoms with Crippen LogP contribution in [0.3, 0.4) is 0 Å². The summed E-state index contributed by atoms with van der Waals surface area (Å²) >= 11 is 0. The summed E-state index contributed by atoms with van der Waals surface area (Å²) in [6.45, 7) is 4.66. The highest BCUT2D eigenvalue weighted by Crippen LogP contribution is 2.20. The van der Waals surface area contributed by atoms with Crippen molar-refractivity contribution in [2.45, 2.75) is 33.4 Å². The quantitative estimate of drug-likeness (QED) is 0.695. The van der Waals surface area contributed by atoms with Gasteiger partial charge in [0, 0.05) is 0 Å². The number of hydrogen-bond acceptors (Lipinski definition) is 5. The number of nitrogens with zero attached hydrogens (tertiary/aromatic N) is 2. The fourth-order valence-corrected chi connectivity index (χ4v) is 2.33. The number of para-hydroxylation sites is 1. The third-order valence-electron chi connectivity index (χ3n) is 3.71. The lowest BCUT2D eigenvalue weighted by Crippen LogP contribution is -2.33. The molecule has 8 nitrogen and oxygen atoms in total. The Morgan fingerprint density at radius 3 is 2.60 bits per heavy atom. The highest BCUT2D eigenvalue weighted by molar-refractivity contribution is 5.95. The summed E-state index contributed by atoms with van der Waals surface area (Å²) < 4.78 is 6.75. The lowest BCUT2D eigenvalue weighted by molar-refractivity contribution is -0.138. The average molecular weight is 347 g/mol. The van der Waals surface area contributed by atoms with Gasteiger partial charge in [-0.1, -0.05) is 18.2 Å². The third kappa shape index (κ3) is 4.57. The van der Waals surface area contributed by atoms with Crippen molar-refractivity contribution in [2.24, 2.45) is 0 Å². The van der Waals surface area contributed by atoms with Gasteiger partial charge in [0.15, 0.2) is 6.10 Å². The largest absolute Gasteiger partial charge is 0.490 e. The molecule has 0 radical (unpaired) electrons. The predicted molar refractivity (Wildman–Crippen MR) is 90.6 cm³/mol. The van der Waals surface area contributed by atoms with E-state index in [1.54, 1.807) is 26.0 Å². The minimum absolute atomic E-state index is 0.196. The lowest BCUT2D eigenvalue weighted by Gasteiger charge is -2.14. The van der Waals surface area contributed by atoms with Gasteiger partial charge in [-0.2, -0.15) is 5.10 Å². The van der Waals surface area contributed by atoms with E-state index in [2.05, 4.69) is 10.4 Å². The summed E-state index contributed by atoms with van der Waals surface area (Å²) in [5.41, 5.74) is 2.26. The van der Waals surface area contributed by atoms with Gasteiger partial charge in [0.05, 0.1) is 17.1 Å². The molecule has 0 aliphatic carbocycles. The van der Waals surface area contributed by atoms with Crippen molar-refractivity contribution in [3.05, 3.63) is 41.2 Å². The van der Waals surface area contributed by atoms with Gasteiger partial charge in [-0.25, -0.2) is 0 Å². The molecule has 0 saturated heterocycles. The van der Waals surface area contributed by atoms with Crippen LogP contribution in [0.5, 0.6) is 5.75 Å². The molecule has 0 spiro atoms. The predicted octanol–water partition coefficient (Wildman–Crippen LogP) is 1.27. The second kappa shape index (κ2) is 7.80. The first-order valence-electron chi connectivity index (χ1n) is 7.72. The van der Waals surface area contributed by atoms with Gasteiger partial charge in [0.1, 0.15) is 18.9 Å². The van der Waals surface area contributed by atoms with Crippen LogP contribution >= 0.6 is 0 Å². The van der Waals surface area contributed by atoms with E-state index >= 15 is 0 Å². The molecule has 0 unspecified atom stereocenters. The molecule has 0 aliphatic rings. The smallest absolute Gasteiger partial charge is 0.325 e. The number of aryl methyl sites for hydroxylation is 2. The van der Waals surface area contributed by atoms with Crippen molar-refractivity contribution in [3.63, 3.8) is 0 Å². The van der Waals surface area contributed by atoms with Gasteiger partial charge in [0.25, 0.3) is 5.91 Å². The van der Waals surface area contributed by atoms with Crippen LogP contribution in [-0.4, -0.2) is 44.6 Å². The normalized spacial score (nSPS) is 11.8. The van der Waals surface area contributed by atoms with Crippen LogP contribution in [0.2, 0.25) is 0 Å². The number of carboxylic acids is 1. The van der Waals surface area contributed by atoms with Gasteiger partial charge >= 0.3 is 5.97 Å². The summed E-state index contributed by atoms with van der Waals surface area (Å²) in [4.78, 5) is 23.0. The molecule has 134 valence electrons. The number of rotatable bonds is 7. The summed E-state index contributed by atoms with van der Waals surface area (Å²) in [5.74, 6) is -1.08. The standard InChI is InChI=1S/C17H21N3O5/c1-10-6-4-5-7-14(10)25-9-13(21)17(24)18-16-11(2)19-20(12(16)3)8-15(22)23/h4-7,13,21H,8-9H2,1-3H3,(H,18,24)(H,22,23)/t13-/m1/s1. The Bertz CT molecular complexity index is 785. The summed E-state index contributed by atoms with van der Waals surface area (Å²) in [6, 6.07) is 7.29. The number of aliphatic hydroxyl groups is 1. The van der Waals surface area contributed by atoms with Gasteiger partial charge in [0.2, 0.25) is 0 Å². The minimum Gasteiger partial charge on any atom is -0.490 e. The second-order valence-electron chi connectivity index (χ2n) is 5.68. The number of aliphatic hydroxyl groups excluding tert-OH is 1. The Hall–Kier alpha value is -2.87. The van der Waals surface area contributed by atoms with E-state index in [9.17, 15) is 14.7 Å². The average Bonchev–Trinajstić information content (AvgIpc) is 2.80. The Kier molecular flexibility index (Phi) is 5.76. The fourth-order valence-electron chi connectivity index (χ4n) is 2.33. The molecular formula is C17H21N3O5. The van der Waals surface area contributed by atoms with Crippen molar-refractivity contribution in [3.8, 4) is 5.75 Å². The maximum Gasteiger partial charge on any atom is 0.325 e. The molecule has 1 amide bonds. The monoisotopic (exact) mass is 347 g/mol. The van der Waals surface area contributed by atoms with Crippen molar-refractivity contribution < 1.29 is 24.5 Å². The molecule has 2 rings (SSSR count). The molecule has 3 N–H and O–H groups in total. The van der Waals surface area contributed by atoms with Crippen molar-refractivity contribution in [1.29, 1.82) is 0 Å². The first-order valence-corrected chi connectivity index (χ1v) is 7.72. The number of anilines is 1. The number of hydrogen-bond donors (Lipinski definition) is 3. The van der Waals surface area contributed by atoms with Gasteiger partial charge < -0.3 is 20.3 Å². The van der Waals surface area contributed by atoms with Crippen LogP contribution in [0.1, 0.15) is 17.0 Å². The molecular weight excluding hydrogens is 326 g/mol. The van der Waals surface area contributed by atoms with Crippen molar-refractivity contribution >= 4 is 17.6 Å². The summed E-state index contributed by atoms with van der Waals surface area (Å²) in [7, 11) is 0. The van der Waals surface area contributed by atoms with E-state index in [1.165, 1.54) is 4.68 Å². The zero-order valence-corrected chi connectivity index (χ0v) is 14.3. The highest BCUT2D eigenvalue weighted by atomic mass is 16.5. The molecule has 8 heteroatoms. The molecule has 0 aliphatic heterocycles. The van der Waals surface area contributed by atoms with Crippen LogP contribution < -0.4 is 10.1 Å². The molecule has 2 aromatic rings. The topological polar surface area (TPSA) is 114 Å². The Morgan fingerprint density at radius 1 is 1.28 bits per heavy atom. The number of ether oxygens (including phenoxy) is 1. The Labute approximate surface area is 145 Å². The first kappa shape index (κ1) is 18.5. The molecule has 1 atom stereocenters. The van der Waals surface area contributed by atoms with Crippen LogP contribution in [0, 0.1) is 20.8 Å². The molecule has 25 heavy (non-hydrogen) atoms. The molecule has 0 saturated carbocycles. The molecule has 1 aromatic heterocycles. The zero-order valence-electron chi connectivity index (χ0n) is 14.3. The van der Waals surface area contributed by atoms with Crippen LogP contribution in [0.15, 0.2) is 24.3 Å². The van der Waals surface area contributed by atoms with Crippen LogP contribution in [0.25, 0.3) is 0 Å². The lowest BCUT2D eigenvalue weighted by atomic mass is 10.2. The van der Waals surface area contributed by atoms with E-state index in [0.29, 0.717) is 22.8 Å². The maximum atomic E-state index is 12.2. The zero-order chi connectivity index (χ0) is 18.6. The molecule has 0 fully saturated rings. The number of aromatic nitrogens is 2. The van der Waals surface area contributed by atoms with E-state index < -0.39 is 18.0 Å². The minimum atomic E-state index is -1.37. The van der Waals surface area contributed by atoms with E-state index in [0.717, 1.165) is 5.56 Å². The summed E-state index contributed by atoms with van der Waals surface area (Å²) in [6.07, 6.45) is -1.37. The van der Waals surface area contributed by atoms with Gasteiger partial charge in [-0.05, 0) is 32.4 Å². The third-order valence-corrected chi connectivity index (χ3v) is 3.71.